The average Bonchev–Trinajstić information content (AvgIpc) is 2.94. The van der Waals surface area contributed by atoms with E-state index in [9.17, 15) is 35.1 Å². The van der Waals surface area contributed by atoms with Gasteiger partial charge < -0.3 is 13.9 Å². The minimum Gasteiger partial charge on any atom is -0.768 e. The number of rotatable bonds is 4. The van der Waals surface area contributed by atoms with E-state index in [1.54, 1.807) is 0 Å². The summed E-state index contributed by atoms with van der Waals surface area (Å²) in [4.78, 5) is 10.6. The Morgan fingerprint density at radius 2 is 1.83 bits per heavy atom. The number of pyridine rings is 2. The summed E-state index contributed by atoms with van der Waals surface area (Å²) in [7, 11) is 1.42. The zero-order valence-electron chi connectivity index (χ0n) is 14.2. The van der Waals surface area contributed by atoms with Gasteiger partial charge in [-0.25, -0.2) is 9.97 Å². The van der Waals surface area contributed by atoms with Gasteiger partial charge in [0.1, 0.15) is 5.69 Å². The molecule has 14 heteroatoms. The number of fused-ring (bicyclic) bond motifs is 1. The Kier molecular flexibility index (Phi) is 5.25. The van der Waals surface area contributed by atoms with E-state index in [-0.39, 0.29) is 28.4 Å². The lowest BCUT2D eigenvalue weighted by molar-refractivity contribution is -0.154. The molecule has 3 rings (SSSR count). The molecule has 0 radical (unpaired) electrons. The van der Waals surface area contributed by atoms with Gasteiger partial charge in [-0.2, -0.15) is 26.3 Å². The number of ether oxygens (including phenoxy) is 1. The van der Waals surface area contributed by atoms with Crippen molar-refractivity contribution in [2.45, 2.75) is 17.2 Å². The van der Waals surface area contributed by atoms with Crippen LogP contribution in [-0.4, -0.2) is 41.1 Å². The molecule has 0 fully saturated rings. The Morgan fingerprint density at radius 3 is 2.41 bits per heavy atom. The molecule has 3 aromatic heterocycles. The van der Waals surface area contributed by atoms with E-state index in [0.717, 1.165) is 12.3 Å². The maximum Gasteiger partial charge on any atom is 0.422 e. The van der Waals surface area contributed by atoms with Crippen molar-refractivity contribution < 1.29 is 39.8 Å². The fraction of sp³-hybridized carbons (Fsp3) is 0.267. The lowest BCUT2D eigenvalue weighted by Crippen LogP contribution is -2.19. The zero-order chi connectivity index (χ0) is 21.6. The topological polar surface area (TPSA) is 93.0 Å². The molecule has 0 N–H and O–H groups in total. The van der Waals surface area contributed by atoms with Crippen LogP contribution in [0.3, 0.4) is 0 Å². The molecule has 1 unspecified atom stereocenters. The van der Waals surface area contributed by atoms with Crippen LogP contribution in [0.15, 0.2) is 29.4 Å². The van der Waals surface area contributed by atoms with Gasteiger partial charge in [-0.15, -0.1) is 0 Å². The van der Waals surface area contributed by atoms with Crippen LogP contribution in [0.4, 0.5) is 26.3 Å². The molecule has 1 atom stereocenters. The molecule has 3 aromatic rings. The van der Waals surface area contributed by atoms with Crippen LogP contribution in [0.5, 0.6) is 5.88 Å². The molecule has 0 amide bonds. The second-order valence-electron chi connectivity index (χ2n) is 5.71. The predicted molar refractivity (Wildman–Crippen MR) is 85.5 cm³/mol. The largest absolute Gasteiger partial charge is 0.768 e. The van der Waals surface area contributed by atoms with Gasteiger partial charge in [-0.3, -0.25) is 9.19 Å². The SMILES string of the molecule is Cn1c(-c2ncc(C(F)(F)F)cc2S(=O)[O-])nc2cc(OCC(F)(F)F)ncc21. The summed E-state index contributed by atoms with van der Waals surface area (Å²) in [6, 6.07) is 1.50. The van der Waals surface area contributed by atoms with Crippen molar-refractivity contribution in [3.63, 3.8) is 0 Å². The minimum absolute atomic E-state index is 0.0824. The van der Waals surface area contributed by atoms with Crippen molar-refractivity contribution in [2.75, 3.05) is 6.61 Å². The van der Waals surface area contributed by atoms with Crippen molar-refractivity contribution in [3.8, 4) is 17.4 Å². The molecule has 29 heavy (non-hydrogen) atoms. The van der Waals surface area contributed by atoms with E-state index in [1.165, 1.54) is 11.6 Å². The highest BCUT2D eigenvalue weighted by Crippen LogP contribution is 2.33. The fourth-order valence-corrected chi connectivity index (χ4v) is 2.94. The molecule has 0 aliphatic rings. The van der Waals surface area contributed by atoms with E-state index in [4.69, 9.17) is 0 Å². The first kappa shape index (κ1) is 21.0. The summed E-state index contributed by atoms with van der Waals surface area (Å²) in [5.41, 5.74) is -1.27. The van der Waals surface area contributed by atoms with Gasteiger partial charge in [0, 0.05) is 19.3 Å². The highest BCUT2D eigenvalue weighted by Gasteiger charge is 2.32. The highest BCUT2D eigenvalue weighted by molar-refractivity contribution is 7.79. The van der Waals surface area contributed by atoms with Gasteiger partial charge in [0.15, 0.2) is 12.4 Å². The van der Waals surface area contributed by atoms with Crippen LogP contribution in [-0.2, 0) is 24.3 Å². The molecule has 3 heterocycles. The molecular weight excluding hydrogens is 430 g/mol. The summed E-state index contributed by atoms with van der Waals surface area (Å²) in [6.45, 7) is -1.58. The molecule has 0 spiro atoms. The van der Waals surface area contributed by atoms with Crippen molar-refractivity contribution >= 4 is 22.1 Å². The molecule has 7 nitrogen and oxygen atoms in total. The van der Waals surface area contributed by atoms with Gasteiger partial charge in [0.2, 0.25) is 5.88 Å². The first-order valence-electron chi connectivity index (χ1n) is 7.56. The maximum absolute atomic E-state index is 12.8. The van der Waals surface area contributed by atoms with Gasteiger partial charge in [0.25, 0.3) is 0 Å². The molecule has 0 saturated carbocycles. The van der Waals surface area contributed by atoms with E-state index >= 15 is 0 Å². The van der Waals surface area contributed by atoms with Crippen molar-refractivity contribution in [1.82, 2.24) is 19.5 Å². The number of aryl methyl sites for hydroxylation is 1. The van der Waals surface area contributed by atoms with Crippen LogP contribution in [0, 0.1) is 0 Å². The first-order chi connectivity index (χ1) is 13.4. The maximum atomic E-state index is 12.8. The van der Waals surface area contributed by atoms with Gasteiger partial charge in [-0.05, 0) is 17.1 Å². The minimum atomic E-state index is -4.80. The summed E-state index contributed by atoms with van der Waals surface area (Å²) in [5.74, 6) is -0.504. The van der Waals surface area contributed by atoms with Crippen molar-refractivity contribution in [3.05, 3.63) is 30.1 Å². The fourth-order valence-electron chi connectivity index (χ4n) is 2.41. The Labute approximate surface area is 160 Å². The Balaban J connectivity index is 2.08. The van der Waals surface area contributed by atoms with Crippen molar-refractivity contribution in [1.29, 1.82) is 0 Å². The number of hydrogen-bond donors (Lipinski definition) is 0. The number of halogens is 6. The molecule has 0 saturated heterocycles. The molecule has 0 aliphatic heterocycles. The Hall–Kier alpha value is -2.74. The van der Waals surface area contributed by atoms with Gasteiger partial charge in [0.05, 0.1) is 27.7 Å². The van der Waals surface area contributed by atoms with Crippen LogP contribution < -0.4 is 4.74 Å². The van der Waals surface area contributed by atoms with Crippen LogP contribution in [0.2, 0.25) is 0 Å². The number of alkyl halides is 6. The number of imidazole rings is 1. The van der Waals surface area contributed by atoms with E-state index in [0.29, 0.717) is 12.3 Å². The second kappa shape index (κ2) is 7.26. The standard InChI is InChI=1S/C15H10F6N4O3S/c1-25-9-5-22-11(28-6-14(16,17)18)3-8(9)24-13(25)12-10(29(26)27)2-7(4-23-12)15(19,20)21/h2-5H,6H2,1H3,(H,26,27)/p-1. The summed E-state index contributed by atoms with van der Waals surface area (Å²) in [6.07, 6.45) is -7.79. The van der Waals surface area contributed by atoms with E-state index < -0.39 is 40.5 Å². The van der Waals surface area contributed by atoms with E-state index in [2.05, 4.69) is 19.7 Å². The number of nitrogens with zero attached hydrogens (tertiary/aromatic N) is 4. The highest BCUT2D eigenvalue weighted by atomic mass is 32.2. The summed E-state index contributed by atoms with van der Waals surface area (Å²) >= 11 is -3.06. The smallest absolute Gasteiger partial charge is 0.422 e. The third-order valence-corrected chi connectivity index (χ3v) is 4.37. The normalized spacial score (nSPS) is 13.7. The first-order valence-corrected chi connectivity index (χ1v) is 8.63. The predicted octanol–water partition coefficient (Wildman–Crippen LogP) is 3.23. The van der Waals surface area contributed by atoms with Crippen molar-refractivity contribution in [2.24, 2.45) is 7.05 Å². The van der Waals surface area contributed by atoms with Crippen LogP contribution in [0.1, 0.15) is 5.56 Å². The third kappa shape index (κ3) is 4.48. The Morgan fingerprint density at radius 1 is 1.14 bits per heavy atom. The lowest BCUT2D eigenvalue weighted by Gasteiger charge is -2.14. The second-order valence-corrected chi connectivity index (χ2v) is 6.62. The zero-order valence-corrected chi connectivity index (χ0v) is 15.0. The molecular formula is C15H9F6N4O3S-. The van der Waals surface area contributed by atoms with Crippen LogP contribution in [0.25, 0.3) is 22.6 Å². The third-order valence-electron chi connectivity index (χ3n) is 3.70. The Bertz CT molecular complexity index is 1100. The molecule has 0 aromatic carbocycles. The van der Waals surface area contributed by atoms with Crippen LogP contribution >= 0.6 is 0 Å². The number of aromatic nitrogens is 4. The van der Waals surface area contributed by atoms with Gasteiger partial charge >= 0.3 is 12.4 Å². The van der Waals surface area contributed by atoms with E-state index in [1.807, 2.05) is 0 Å². The molecule has 0 aliphatic carbocycles. The quantitative estimate of drug-likeness (QED) is 0.458. The monoisotopic (exact) mass is 439 g/mol. The molecule has 156 valence electrons. The van der Waals surface area contributed by atoms with Gasteiger partial charge in [-0.1, -0.05) is 0 Å². The summed E-state index contributed by atoms with van der Waals surface area (Å²) in [5, 5.41) is 0. The summed E-state index contributed by atoms with van der Waals surface area (Å²) < 4.78 is 104. The molecule has 0 bridgehead atoms. The number of hydrogen-bond acceptors (Lipinski definition) is 6. The lowest BCUT2D eigenvalue weighted by atomic mass is 10.2. The average molecular weight is 439 g/mol.